The van der Waals surface area contributed by atoms with Crippen LogP contribution in [0.2, 0.25) is 0 Å². The Morgan fingerprint density at radius 1 is 1.50 bits per heavy atom. The average molecular weight is 171 g/mol. The first-order valence-electron chi connectivity index (χ1n) is 3.56. The van der Waals surface area contributed by atoms with Gasteiger partial charge in [-0.05, 0) is 0 Å². The molecule has 0 bridgehead atoms. The highest BCUT2D eigenvalue weighted by Gasteiger charge is 2.28. The quantitative estimate of drug-likeness (QED) is 0.563. The molecular weight excluding hydrogens is 158 g/mol. The van der Waals surface area contributed by atoms with Crippen LogP contribution >= 0.6 is 0 Å². The third-order valence-electron chi connectivity index (χ3n) is 1.28. The third-order valence-corrected chi connectivity index (χ3v) is 1.28. The highest BCUT2D eigenvalue weighted by molar-refractivity contribution is 5.60. The Bertz CT molecular complexity index is 199. The lowest BCUT2D eigenvalue weighted by atomic mass is 9.90. The Morgan fingerprint density at radius 2 is 2.00 bits per heavy atom. The number of rotatable bonds is 1. The van der Waals surface area contributed by atoms with Gasteiger partial charge in [-0.2, -0.15) is 5.26 Å². The molecule has 0 saturated carbocycles. The van der Waals surface area contributed by atoms with E-state index in [0.717, 1.165) is 0 Å². The van der Waals surface area contributed by atoms with Crippen molar-refractivity contribution in [1.82, 2.24) is 0 Å². The van der Waals surface area contributed by atoms with Crippen molar-refractivity contribution in [2.75, 3.05) is 7.11 Å². The third kappa shape index (κ3) is 3.24. The molecule has 12 heavy (non-hydrogen) atoms. The van der Waals surface area contributed by atoms with Crippen LogP contribution in [-0.2, 0) is 9.47 Å². The second kappa shape index (κ2) is 3.96. The Hall–Kier alpha value is -1.24. The summed E-state index contributed by atoms with van der Waals surface area (Å²) < 4.78 is 8.96. The molecule has 4 nitrogen and oxygen atoms in total. The van der Waals surface area contributed by atoms with Crippen LogP contribution < -0.4 is 0 Å². The van der Waals surface area contributed by atoms with Crippen LogP contribution in [0.4, 0.5) is 4.79 Å². The monoisotopic (exact) mass is 171 g/mol. The van der Waals surface area contributed by atoms with Gasteiger partial charge in [0, 0.05) is 5.41 Å². The van der Waals surface area contributed by atoms with Gasteiger partial charge in [-0.3, -0.25) is 0 Å². The number of nitrogens with zero attached hydrogens (tertiary/aromatic N) is 1. The summed E-state index contributed by atoms with van der Waals surface area (Å²) in [5, 5.41) is 8.62. The SMILES string of the molecule is COC(=O)OC(C#N)C(C)(C)C. The summed E-state index contributed by atoms with van der Waals surface area (Å²) in [6.45, 7) is 5.43. The predicted molar refractivity (Wildman–Crippen MR) is 42.3 cm³/mol. The summed E-state index contributed by atoms with van der Waals surface area (Å²) >= 11 is 0. The molecule has 0 amide bonds. The molecule has 1 unspecified atom stereocenters. The fraction of sp³-hybridized carbons (Fsp3) is 0.750. The maximum absolute atomic E-state index is 10.6. The zero-order chi connectivity index (χ0) is 9.78. The minimum absolute atomic E-state index is 0.386. The van der Waals surface area contributed by atoms with Gasteiger partial charge >= 0.3 is 6.16 Å². The minimum Gasteiger partial charge on any atom is -0.438 e. The van der Waals surface area contributed by atoms with Gasteiger partial charge in [-0.15, -0.1) is 0 Å². The molecule has 4 heteroatoms. The van der Waals surface area contributed by atoms with E-state index in [2.05, 4.69) is 4.74 Å². The van der Waals surface area contributed by atoms with Gasteiger partial charge in [-0.25, -0.2) is 4.79 Å². The van der Waals surface area contributed by atoms with Crippen LogP contribution in [0.1, 0.15) is 20.8 Å². The van der Waals surface area contributed by atoms with Crippen molar-refractivity contribution >= 4 is 6.16 Å². The molecule has 0 fully saturated rings. The van der Waals surface area contributed by atoms with E-state index in [-0.39, 0.29) is 5.41 Å². The summed E-state index contributed by atoms with van der Waals surface area (Å²) in [4.78, 5) is 10.6. The fourth-order valence-corrected chi connectivity index (χ4v) is 0.541. The first kappa shape index (κ1) is 10.8. The highest BCUT2D eigenvalue weighted by atomic mass is 16.7. The van der Waals surface area contributed by atoms with Gasteiger partial charge < -0.3 is 9.47 Å². The van der Waals surface area contributed by atoms with Crippen molar-refractivity contribution < 1.29 is 14.3 Å². The Balaban J connectivity index is 4.22. The zero-order valence-corrected chi connectivity index (χ0v) is 7.75. The predicted octanol–water partition coefficient (Wildman–Crippen LogP) is 1.71. The van der Waals surface area contributed by atoms with E-state index in [1.807, 2.05) is 26.8 Å². The number of ether oxygens (including phenoxy) is 2. The van der Waals surface area contributed by atoms with E-state index in [0.29, 0.717) is 0 Å². The molecule has 0 saturated heterocycles. The van der Waals surface area contributed by atoms with E-state index >= 15 is 0 Å². The van der Waals surface area contributed by atoms with Crippen molar-refractivity contribution in [3.8, 4) is 6.07 Å². The van der Waals surface area contributed by atoms with E-state index < -0.39 is 12.3 Å². The van der Waals surface area contributed by atoms with Crippen LogP contribution in [0.5, 0.6) is 0 Å². The lowest BCUT2D eigenvalue weighted by Gasteiger charge is -2.23. The van der Waals surface area contributed by atoms with Gasteiger partial charge in [0.25, 0.3) is 0 Å². The summed E-state index contributed by atoms with van der Waals surface area (Å²) in [5.74, 6) is 0. The van der Waals surface area contributed by atoms with Gasteiger partial charge in [0.15, 0.2) is 6.10 Å². The molecule has 0 radical (unpaired) electrons. The van der Waals surface area contributed by atoms with Gasteiger partial charge in [0.2, 0.25) is 0 Å². The number of hydrogen-bond donors (Lipinski definition) is 0. The maximum atomic E-state index is 10.6. The molecule has 0 aromatic rings. The number of nitriles is 1. The normalized spacial score (nSPS) is 12.9. The van der Waals surface area contributed by atoms with E-state index in [4.69, 9.17) is 10.00 Å². The first-order valence-corrected chi connectivity index (χ1v) is 3.56. The van der Waals surface area contributed by atoms with Crippen molar-refractivity contribution in [2.45, 2.75) is 26.9 Å². The molecule has 0 aliphatic heterocycles. The second-order valence-corrected chi connectivity index (χ2v) is 3.45. The number of methoxy groups -OCH3 is 1. The molecular formula is C8H13NO3. The molecule has 0 aliphatic carbocycles. The Morgan fingerprint density at radius 3 is 2.25 bits per heavy atom. The topological polar surface area (TPSA) is 59.3 Å². The van der Waals surface area contributed by atoms with Crippen LogP contribution in [0.25, 0.3) is 0 Å². The highest BCUT2D eigenvalue weighted by Crippen LogP contribution is 2.21. The van der Waals surface area contributed by atoms with E-state index in [1.54, 1.807) is 0 Å². The fourth-order valence-electron chi connectivity index (χ4n) is 0.541. The summed E-state index contributed by atoms with van der Waals surface area (Å²) in [5.41, 5.74) is -0.386. The van der Waals surface area contributed by atoms with Crippen LogP contribution in [0, 0.1) is 16.7 Å². The molecule has 68 valence electrons. The molecule has 0 aromatic carbocycles. The molecule has 0 aromatic heterocycles. The number of carbonyl (C=O) groups is 1. The summed E-state index contributed by atoms with van der Waals surface area (Å²) in [6.07, 6.45) is -1.60. The van der Waals surface area contributed by atoms with Crippen molar-refractivity contribution in [3.05, 3.63) is 0 Å². The van der Waals surface area contributed by atoms with E-state index in [1.165, 1.54) is 7.11 Å². The largest absolute Gasteiger partial charge is 0.509 e. The van der Waals surface area contributed by atoms with Crippen molar-refractivity contribution in [2.24, 2.45) is 5.41 Å². The van der Waals surface area contributed by atoms with Crippen LogP contribution in [-0.4, -0.2) is 19.4 Å². The molecule has 0 heterocycles. The van der Waals surface area contributed by atoms with Crippen molar-refractivity contribution in [3.63, 3.8) is 0 Å². The lowest BCUT2D eigenvalue weighted by molar-refractivity contribution is 0.0177. The number of hydrogen-bond acceptors (Lipinski definition) is 4. The molecule has 0 N–H and O–H groups in total. The molecule has 0 aliphatic rings. The molecule has 0 spiro atoms. The maximum Gasteiger partial charge on any atom is 0.509 e. The zero-order valence-electron chi connectivity index (χ0n) is 7.75. The smallest absolute Gasteiger partial charge is 0.438 e. The molecule has 0 rings (SSSR count). The molecule has 1 atom stereocenters. The lowest BCUT2D eigenvalue weighted by Crippen LogP contribution is -2.30. The van der Waals surface area contributed by atoms with Crippen molar-refractivity contribution in [1.29, 1.82) is 5.26 Å². The standard InChI is InChI=1S/C8H13NO3/c1-8(2,3)6(5-9)12-7(10)11-4/h6H,1-4H3. The van der Waals surface area contributed by atoms with Gasteiger partial charge in [0.05, 0.1) is 7.11 Å². The Labute approximate surface area is 72.1 Å². The van der Waals surface area contributed by atoms with Crippen LogP contribution in [0.15, 0.2) is 0 Å². The van der Waals surface area contributed by atoms with E-state index in [9.17, 15) is 4.79 Å². The summed E-state index contributed by atoms with van der Waals surface area (Å²) in [6, 6.07) is 1.88. The number of carbonyl (C=O) groups excluding carboxylic acids is 1. The second-order valence-electron chi connectivity index (χ2n) is 3.45. The van der Waals surface area contributed by atoms with Crippen LogP contribution in [0.3, 0.4) is 0 Å². The average Bonchev–Trinajstić information content (AvgIpc) is 1.97. The van der Waals surface area contributed by atoms with Gasteiger partial charge in [-0.1, -0.05) is 20.8 Å². The first-order chi connectivity index (χ1) is 5.41. The van der Waals surface area contributed by atoms with Gasteiger partial charge in [0.1, 0.15) is 6.07 Å². The minimum atomic E-state index is -0.823. The Kier molecular flexibility index (Phi) is 3.55. The summed E-state index contributed by atoms with van der Waals surface area (Å²) in [7, 11) is 1.21.